The molecule has 2 aromatic carbocycles. The molecule has 3 rings (SSSR count). The van der Waals surface area contributed by atoms with Gasteiger partial charge in [0.25, 0.3) is 0 Å². The molecule has 0 aliphatic carbocycles. The molecule has 182 valence electrons. The quantitative estimate of drug-likeness (QED) is 0.189. The molecule has 0 amide bonds. The summed E-state index contributed by atoms with van der Waals surface area (Å²) in [6.45, 7) is 5.82. The van der Waals surface area contributed by atoms with E-state index in [0.29, 0.717) is 63.4 Å². The number of nitrogens with one attached hydrogen (secondary N) is 2. The Morgan fingerprint density at radius 1 is 1.06 bits per heavy atom. The van der Waals surface area contributed by atoms with Crippen molar-refractivity contribution in [2.24, 2.45) is 4.99 Å². The summed E-state index contributed by atoms with van der Waals surface area (Å²) in [5, 5.41) is 6.62. The number of aryl methyl sites for hydroxylation is 1. The molecule has 0 radical (unpaired) electrons. The number of guanidine groups is 1. The van der Waals surface area contributed by atoms with E-state index in [2.05, 4.69) is 15.6 Å². The van der Waals surface area contributed by atoms with Gasteiger partial charge in [0.2, 0.25) is 0 Å². The van der Waals surface area contributed by atoms with Crippen LogP contribution in [0.2, 0.25) is 0 Å². The lowest BCUT2D eigenvalue weighted by Crippen LogP contribution is -2.32. The summed E-state index contributed by atoms with van der Waals surface area (Å²) >= 11 is 0. The maximum atomic E-state index is 13.9. The molecule has 0 fully saturated rings. The van der Waals surface area contributed by atoms with Gasteiger partial charge in [-0.25, -0.2) is 9.38 Å². The van der Waals surface area contributed by atoms with Crippen molar-refractivity contribution in [2.75, 3.05) is 52.0 Å². The van der Waals surface area contributed by atoms with Gasteiger partial charge in [-0.2, -0.15) is 0 Å². The minimum atomic E-state index is -0.226. The van der Waals surface area contributed by atoms with Gasteiger partial charge in [0.15, 0.2) is 17.5 Å². The van der Waals surface area contributed by atoms with Crippen LogP contribution >= 0.6 is 24.0 Å². The largest absolute Gasteiger partial charge is 0.490 e. The molecule has 33 heavy (non-hydrogen) atoms. The summed E-state index contributed by atoms with van der Waals surface area (Å²) in [5.74, 6) is 1.82. The Balaban J connectivity index is 0.00000385. The molecule has 0 atom stereocenters. The van der Waals surface area contributed by atoms with E-state index in [1.165, 1.54) is 6.07 Å². The summed E-state index contributed by atoms with van der Waals surface area (Å²) in [6, 6.07) is 10.9. The van der Waals surface area contributed by atoms with Gasteiger partial charge in [-0.05, 0) is 42.7 Å². The van der Waals surface area contributed by atoms with E-state index in [4.69, 9.17) is 18.9 Å². The molecule has 0 saturated heterocycles. The predicted octanol–water partition coefficient (Wildman–Crippen LogP) is 4.52. The van der Waals surface area contributed by atoms with Crippen LogP contribution in [0, 0.1) is 12.7 Å². The molecule has 9 heteroatoms. The lowest BCUT2D eigenvalue weighted by atomic mass is 10.1. The Kier molecular flexibility index (Phi) is 12.3. The summed E-state index contributed by atoms with van der Waals surface area (Å²) in [7, 11) is 1.65. The summed E-state index contributed by atoms with van der Waals surface area (Å²) in [4.78, 5) is 4.63. The van der Waals surface area contributed by atoms with Crippen LogP contribution in [-0.4, -0.2) is 52.6 Å². The molecule has 0 unspecified atom stereocenters. The van der Waals surface area contributed by atoms with E-state index in [9.17, 15) is 4.39 Å². The summed E-state index contributed by atoms with van der Waals surface area (Å²) < 4.78 is 35.8. The molecule has 7 nitrogen and oxygen atoms in total. The minimum absolute atomic E-state index is 0. The number of nitrogens with zero attached hydrogens (tertiary/aromatic N) is 1. The number of rotatable bonds is 10. The molecule has 0 saturated carbocycles. The number of anilines is 1. The van der Waals surface area contributed by atoms with Crippen LogP contribution in [0.15, 0.2) is 41.4 Å². The van der Waals surface area contributed by atoms with Crippen LogP contribution in [0.1, 0.15) is 24.0 Å². The number of hydrogen-bond donors (Lipinski definition) is 2. The zero-order valence-corrected chi connectivity index (χ0v) is 21.5. The van der Waals surface area contributed by atoms with E-state index in [-0.39, 0.29) is 29.8 Å². The Hall–Kier alpha value is -2.11. The van der Waals surface area contributed by atoms with Crippen molar-refractivity contribution in [3.8, 4) is 11.5 Å². The SMILES string of the molecule is COCCOCCCNC(=NCc1ccc(C)c(F)c1)Nc1ccc2c(c1)OCCCO2.I. The third kappa shape index (κ3) is 9.34. The molecule has 1 aliphatic heterocycles. The number of ether oxygens (including phenoxy) is 4. The first-order valence-corrected chi connectivity index (χ1v) is 10.9. The minimum Gasteiger partial charge on any atom is -0.490 e. The van der Waals surface area contributed by atoms with Crippen LogP contribution in [-0.2, 0) is 16.0 Å². The van der Waals surface area contributed by atoms with Crippen molar-refractivity contribution >= 4 is 35.6 Å². The zero-order chi connectivity index (χ0) is 22.6. The second kappa shape index (κ2) is 14.9. The van der Waals surface area contributed by atoms with Gasteiger partial charge in [0.1, 0.15) is 5.82 Å². The summed E-state index contributed by atoms with van der Waals surface area (Å²) in [6.07, 6.45) is 1.66. The van der Waals surface area contributed by atoms with Crippen molar-refractivity contribution in [1.29, 1.82) is 0 Å². The van der Waals surface area contributed by atoms with E-state index >= 15 is 0 Å². The lowest BCUT2D eigenvalue weighted by Gasteiger charge is -2.15. The number of methoxy groups -OCH3 is 1. The van der Waals surface area contributed by atoms with E-state index in [0.717, 1.165) is 29.8 Å². The Morgan fingerprint density at radius 3 is 2.67 bits per heavy atom. The van der Waals surface area contributed by atoms with E-state index in [1.807, 2.05) is 24.3 Å². The molecule has 0 spiro atoms. The maximum absolute atomic E-state index is 13.9. The lowest BCUT2D eigenvalue weighted by molar-refractivity contribution is 0.0699. The topological polar surface area (TPSA) is 73.3 Å². The van der Waals surface area contributed by atoms with Gasteiger partial charge in [0.05, 0.1) is 33.0 Å². The molecule has 2 N–H and O–H groups in total. The molecule has 0 bridgehead atoms. The van der Waals surface area contributed by atoms with Crippen LogP contribution in [0.3, 0.4) is 0 Å². The Morgan fingerprint density at radius 2 is 1.88 bits per heavy atom. The van der Waals surface area contributed by atoms with E-state index < -0.39 is 0 Å². The van der Waals surface area contributed by atoms with E-state index in [1.54, 1.807) is 20.1 Å². The number of aliphatic imine (C=N–C) groups is 1. The normalized spacial score (nSPS) is 13.1. The highest BCUT2D eigenvalue weighted by atomic mass is 127. The van der Waals surface area contributed by atoms with Crippen LogP contribution in [0.4, 0.5) is 10.1 Å². The highest BCUT2D eigenvalue weighted by Gasteiger charge is 2.11. The van der Waals surface area contributed by atoms with Crippen molar-refractivity contribution in [3.63, 3.8) is 0 Å². The van der Waals surface area contributed by atoms with Gasteiger partial charge >= 0.3 is 0 Å². The fourth-order valence-corrected chi connectivity index (χ4v) is 3.05. The molecule has 1 aliphatic rings. The molecule has 2 aromatic rings. The number of hydrogen-bond acceptors (Lipinski definition) is 5. The molecular formula is C24H33FIN3O4. The highest BCUT2D eigenvalue weighted by Crippen LogP contribution is 2.32. The average Bonchev–Trinajstić information content (AvgIpc) is 3.04. The Labute approximate surface area is 212 Å². The second-order valence-corrected chi connectivity index (χ2v) is 7.47. The fourth-order valence-electron chi connectivity index (χ4n) is 3.05. The third-order valence-electron chi connectivity index (χ3n) is 4.86. The average molecular weight is 573 g/mol. The van der Waals surface area contributed by atoms with Gasteiger partial charge in [-0.1, -0.05) is 12.1 Å². The number of fused-ring (bicyclic) bond motifs is 1. The second-order valence-electron chi connectivity index (χ2n) is 7.47. The third-order valence-corrected chi connectivity index (χ3v) is 4.86. The van der Waals surface area contributed by atoms with Crippen LogP contribution < -0.4 is 20.1 Å². The van der Waals surface area contributed by atoms with Crippen molar-refractivity contribution in [1.82, 2.24) is 5.32 Å². The van der Waals surface area contributed by atoms with Crippen molar-refractivity contribution in [2.45, 2.75) is 26.3 Å². The molecule has 0 aromatic heterocycles. The van der Waals surface area contributed by atoms with Crippen LogP contribution in [0.25, 0.3) is 0 Å². The number of benzene rings is 2. The first-order valence-electron chi connectivity index (χ1n) is 10.9. The van der Waals surface area contributed by atoms with Gasteiger partial charge in [0, 0.05) is 38.4 Å². The predicted molar refractivity (Wildman–Crippen MR) is 139 cm³/mol. The molecule has 1 heterocycles. The first kappa shape index (κ1) is 27.1. The van der Waals surface area contributed by atoms with Crippen molar-refractivity contribution < 1.29 is 23.3 Å². The van der Waals surface area contributed by atoms with Gasteiger partial charge < -0.3 is 29.6 Å². The maximum Gasteiger partial charge on any atom is 0.196 e. The van der Waals surface area contributed by atoms with Gasteiger partial charge in [-0.3, -0.25) is 0 Å². The van der Waals surface area contributed by atoms with Gasteiger partial charge in [-0.15, -0.1) is 24.0 Å². The zero-order valence-electron chi connectivity index (χ0n) is 19.2. The number of halogens is 2. The highest BCUT2D eigenvalue weighted by molar-refractivity contribution is 14.0. The molecular weight excluding hydrogens is 540 g/mol. The standard InChI is InChI=1S/C24H32FN3O4.HI/c1-18-5-6-19(15-21(18)25)17-27-24(26-9-3-10-30-14-13-29-2)28-20-7-8-22-23(16-20)32-12-4-11-31-22;/h5-8,15-16H,3-4,9-14,17H2,1-2H3,(H2,26,27,28);1H. The smallest absolute Gasteiger partial charge is 0.196 e. The van der Waals surface area contributed by atoms with Crippen LogP contribution in [0.5, 0.6) is 11.5 Å². The van der Waals surface area contributed by atoms with Crippen molar-refractivity contribution in [3.05, 3.63) is 53.3 Å². The summed E-state index contributed by atoms with van der Waals surface area (Å²) in [5.41, 5.74) is 2.25. The fraction of sp³-hybridized carbons (Fsp3) is 0.458. The monoisotopic (exact) mass is 573 g/mol. The first-order chi connectivity index (χ1) is 15.7. The Bertz CT molecular complexity index is 898.